The smallest absolute Gasteiger partial charge is 0.141 e. The zero-order chi connectivity index (χ0) is 14.1. The molecule has 0 aliphatic heterocycles. The third kappa shape index (κ3) is 2.25. The van der Waals surface area contributed by atoms with Crippen LogP contribution in [0.4, 0.5) is 21.6 Å². The molecule has 5 heteroatoms. The summed E-state index contributed by atoms with van der Waals surface area (Å²) in [5, 5.41) is 3.94. The molecule has 1 heterocycles. The molecule has 0 unspecified atom stereocenters. The number of nitrogen functional groups attached to an aromatic ring is 1. The predicted molar refractivity (Wildman–Crippen MR) is 78.4 cm³/mol. The SMILES string of the molecule is Cc1ccc(F)cc1Nc1ncnc2ccc(N)cc12. The Balaban J connectivity index is 2.10. The molecule has 0 atom stereocenters. The third-order valence-corrected chi connectivity index (χ3v) is 3.11. The first-order chi connectivity index (χ1) is 9.63. The number of nitrogens with zero attached hydrogens (tertiary/aromatic N) is 2. The van der Waals surface area contributed by atoms with Gasteiger partial charge < -0.3 is 11.1 Å². The van der Waals surface area contributed by atoms with Crippen LogP contribution in [0, 0.1) is 12.7 Å². The van der Waals surface area contributed by atoms with Crippen LogP contribution in [-0.4, -0.2) is 9.97 Å². The number of aryl methyl sites for hydroxylation is 1. The quantitative estimate of drug-likeness (QED) is 0.699. The van der Waals surface area contributed by atoms with Gasteiger partial charge in [-0.2, -0.15) is 0 Å². The van der Waals surface area contributed by atoms with Crippen molar-refractivity contribution >= 4 is 28.1 Å². The van der Waals surface area contributed by atoms with Gasteiger partial charge in [-0.15, -0.1) is 0 Å². The first kappa shape index (κ1) is 12.3. The van der Waals surface area contributed by atoms with Gasteiger partial charge in [0.25, 0.3) is 0 Å². The molecule has 0 radical (unpaired) electrons. The molecule has 0 aliphatic carbocycles. The Labute approximate surface area is 115 Å². The van der Waals surface area contributed by atoms with Crippen molar-refractivity contribution in [3.63, 3.8) is 0 Å². The Bertz CT molecular complexity index is 786. The summed E-state index contributed by atoms with van der Waals surface area (Å²) < 4.78 is 13.3. The Morgan fingerprint density at radius 3 is 2.80 bits per heavy atom. The van der Waals surface area contributed by atoms with Crippen molar-refractivity contribution in [3.8, 4) is 0 Å². The number of anilines is 3. The first-order valence-corrected chi connectivity index (χ1v) is 6.17. The lowest BCUT2D eigenvalue weighted by molar-refractivity contribution is 0.628. The van der Waals surface area contributed by atoms with Crippen molar-refractivity contribution in [2.75, 3.05) is 11.1 Å². The molecule has 0 amide bonds. The van der Waals surface area contributed by atoms with Gasteiger partial charge in [0, 0.05) is 16.8 Å². The molecule has 0 saturated heterocycles. The van der Waals surface area contributed by atoms with E-state index in [1.807, 2.05) is 13.0 Å². The summed E-state index contributed by atoms with van der Waals surface area (Å²) in [5.74, 6) is 0.312. The molecule has 20 heavy (non-hydrogen) atoms. The minimum atomic E-state index is -0.295. The third-order valence-electron chi connectivity index (χ3n) is 3.11. The monoisotopic (exact) mass is 268 g/mol. The highest BCUT2D eigenvalue weighted by atomic mass is 19.1. The van der Waals surface area contributed by atoms with Crippen LogP contribution in [-0.2, 0) is 0 Å². The molecule has 3 rings (SSSR count). The van der Waals surface area contributed by atoms with Crippen LogP contribution >= 0.6 is 0 Å². The lowest BCUT2D eigenvalue weighted by atomic mass is 10.1. The number of benzene rings is 2. The minimum Gasteiger partial charge on any atom is -0.399 e. The summed E-state index contributed by atoms with van der Waals surface area (Å²) in [6.07, 6.45) is 1.47. The molecule has 3 N–H and O–H groups in total. The summed E-state index contributed by atoms with van der Waals surface area (Å²) in [6, 6.07) is 10.00. The van der Waals surface area contributed by atoms with Gasteiger partial charge in [-0.05, 0) is 42.8 Å². The maximum atomic E-state index is 13.3. The molecule has 100 valence electrons. The maximum absolute atomic E-state index is 13.3. The summed E-state index contributed by atoms with van der Waals surface area (Å²) in [5.41, 5.74) is 8.82. The lowest BCUT2D eigenvalue weighted by Crippen LogP contribution is -1.99. The van der Waals surface area contributed by atoms with E-state index in [0.717, 1.165) is 16.5 Å². The highest BCUT2D eigenvalue weighted by molar-refractivity contribution is 5.92. The van der Waals surface area contributed by atoms with Crippen LogP contribution in [0.5, 0.6) is 0 Å². The summed E-state index contributed by atoms with van der Waals surface area (Å²) >= 11 is 0. The molecule has 0 bridgehead atoms. The van der Waals surface area contributed by atoms with E-state index in [9.17, 15) is 4.39 Å². The molecular weight excluding hydrogens is 255 g/mol. The Morgan fingerprint density at radius 2 is 1.95 bits per heavy atom. The second kappa shape index (κ2) is 4.77. The predicted octanol–water partition coefficient (Wildman–Crippen LogP) is 3.40. The number of fused-ring (bicyclic) bond motifs is 1. The second-order valence-electron chi connectivity index (χ2n) is 4.58. The van der Waals surface area contributed by atoms with E-state index in [2.05, 4.69) is 15.3 Å². The zero-order valence-corrected chi connectivity index (χ0v) is 10.9. The van der Waals surface area contributed by atoms with Crippen LogP contribution < -0.4 is 11.1 Å². The van der Waals surface area contributed by atoms with Gasteiger partial charge in [0.2, 0.25) is 0 Å². The van der Waals surface area contributed by atoms with Crippen molar-refractivity contribution in [1.82, 2.24) is 9.97 Å². The number of hydrogen-bond acceptors (Lipinski definition) is 4. The highest BCUT2D eigenvalue weighted by Crippen LogP contribution is 2.26. The summed E-state index contributed by atoms with van der Waals surface area (Å²) in [7, 11) is 0. The van der Waals surface area contributed by atoms with Gasteiger partial charge in [0.1, 0.15) is 18.0 Å². The van der Waals surface area contributed by atoms with Gasteiger partial charge in [0.15, 0.2) is 0 Å². The fraction of sp³-hybridized carbons (Fsp3) is 0.0667. The van der Waals surface area contributed by atoms with Gasteiger partial charge in [-0.3, -0.25) is 0 Å². The normalized spacial score (nSPS) is 10.7. The maximum Gasteiger partial charge on any atom is 0.141 e. The van der Waals surface area contributed by atoms with E-state index < -0.39 is 0 Å². The molecule has 0 spiro atoms. The van der Waals surface area contributed by atoms with E-state index in [4.69, 9.17) is 5.73 Å². The Kier molecular flexibility index (Phi) is 2.95. The number of halogens is 1. The Morgan fingerprint density at radius 1 is 1.10 bits per heavy atom. The number of aromatic nitrogens is 2. The minimum absolute atomic E-state index is 0.295. The number of hydrogen-bond donors (Lipinski definition) is 2. The van der Waals surface area contributed by atoms with Gasteiger partial charge >= 0.3 is 0 Å². The average Bonchev–Trinajstić information content (AvgIpc) is 2.43. The van der Waals surface area contributed by atoms with Crippen LogP contribution in [0.2, 0.25) is 0 Å². The van der Waals surface area contributed by atoms with Gasteiger partial charge in [0.05, 0.1) is 5.52 Å². The Hall–Kier alpha value is -2.69. The van der Waals surface area contributed by atoms with Crippen molar-refractivity contribution in [1.29, 1.82) is 0 Å². The first-order valence-electron chi connectivity index (χ1n) is 6.17. The molecule has 0 saturated carbocycles. The topological polar surface area (TPSA) is 63.8 Å². The van der Waals surface area contributed by atoms with E-state index in [1.54, 1.807) is 18.2 Å². The molecule has 1 aromatic heterocycles. The van der Waals surface area contributed by atoms with Crippen LogP contribution in [0.1, 0.15) is 5.56 Å². The van der Waals surface area contributed by atoms with E-state index in [-0.39, 0.29) is 5.82 Å². The van der Waals surface area contributed by atoms with E-state index in [0.29, 0.717) is 17.2 Å². The fourth-order valence-electron chi connectivity index (χ4n) is 2.03. The van der Waals surface area contributed by atoms with Crippen molar-refractivity contribution in [2.24, 2.45) is 0 Å². The van der Waals surface area contributed by atoms with Crippen LogP contribution in [0.25, 0.3) is 10.9 Å². The fourth-order valence-corrected chi connectivity index (χ4v) is 2.03. The van der Waals surface area contributed by atoms with Gasteiger partial charge in [-0.1, -0.05) is 6.07 Å². The average molecular weight is 268 g/mol. The van der Waals surface area contributed by atoms with Crippen LogP contribution in [0.15, 0.2) is 42.7 Å². The largest absolute Gasteiger partial charge is 0.399 e. The number of nitrogens with two attached hydrogens (primary N) is 1. The lowest BCUT2D eigenvalue weighted by Gasteiger charge is -2.11. The molecule has 4 nitrogen and oxygen atoms in total. The molecule has 0 fully saturated rings. The highest BCUT2D eigenvalue weighted by Gasteiger charge is 2.07. The second-order valence-corrected chi connectivity index (χ2v) is 4.58. The van der Waals surface area contributed by atoms with Gasteiger partial charge in [-0.25, -0.2) is 14.4 Å². The molecule has 2 aromatic carbocycles. The summed E-state index contributed by atoms with van der Waals surface area (Å²) in [4.78, 5) is 8.40. The number of nitrogens with one attached hydrogen (secondary N) is 1. The molecule has 0 aliphatic rings. The van der Waals surface area contributed by atoms with E-state index in [1.165, 1.54) is 18.5 Å². The van der Waals surface area contributed by atoms with Crippen molar-refractivity contribution < 1.29 is 4.39 Å². The van der Waals surface area contributed by atoms with E-state index >= 15 is 0 Å². The number of rotatable bonds is 2. The molecule has 3 aromatic rings. The van der Waals surface area contributed by atoms with Crippen molar-refractivity contribution in [3.05, 3.63) is 54.1 Å². The standard InChI is InChI=1S/C15H13FN4/c1-9-2-3-10(16)6-14(9)20-15-12-7-11(17)4-5-13(12)18-8-19-15/h2-8H,17H2,1H3,(H,18,19,20). The van der Waals surface area contributed by atoms with Crippen LogP contribution in [0.3, 0.4) is 0 Å². The zero-order valence-electron chi connectivity index (χ0n) is 10.9. The van der Waals surface area contributed by atoms with Crippen molar-refractivity contribution in [2.45, 2.75) is 6.92 Å². The molecular formula is C15H13FN4. The summed E-state index contributed by atoms with van der Waals surface area (Å²) in [6.45, 7) is 1.90.